The van der Waals surface area contributed by atoms with Gasteiger partial charge < -0.3 is 5.11 Å². The van der Waals surface area contributed by atoms with E-state index in [1.807, 2.05) is 0 Å². The van der Waals surface area contributed by atoms with Crippen LogP contribution in [0.3, 0.4) is 0 Å². The summed E-state index contributed by atoms with van der Waals surface area (Å²) < 4.78 is 26.1. The van der Waals surface area contributed by atoms with Crippen molar-refractivity contribution in [3.05, 3.63) is 33.4 Å². The highest BCUT2D eigenvalue weighted by atomic mass is 32.2. The molecule has 0 aromatic heterocycles. The third kappa shape index (κ3) is 3.75. The monoisotopic (exact) mass is 302 g/mol. The fourth-order valence-corrected chi connectivity index (χ4v) is 2.97. The lowest BCUT2D eigenvalue weighted by Gasteiger charge is -2.09. The summed E-state index contributed by atoms with van der Waals surface area (Å²) in [6.07, 6.45) is -0.343. The van der Waals surface area contributed by atoms with Crippen LogP contribution in [-0.4, -0.2) is 31.0 Å². The number of aryl methyl sites for hydroxylation is 2. The molecular formula is C11H14N2O6S. The van der Waals surface area contributed by atoms with Gasteiger partial charge in [0.15, 0.2) is 0 Å². The second kappa shape index (κ2) is 5.97. The van der Waals surface area contributed by atoms with E-state index in [9.17, 15) is 23.3 Å². The van der Waals surface area contributed by atoms with Crippen LogP contribution in [0.1, 0.15) is 17.5 Å². The molecular weight excluding hydrogens is 288 g/mol. The number of carbonyl (C=O) groups is 1. The molecule has 0 radical (unpaired) electrons. The molecule has 0 bridgehead atoms. The predicted octanol–water partition coefficient (Wildman–Crippen LogP) is 0.965. The lowest BCUT2D eigenvalue weighted by atomic mass is 10.1. The Morgan fingerprint density at radius 3 is 2.45 bits per heavy atom. The number of sulfonamides is 1. The largest absolute Gasteiger partial charge is 0.481 e. The fraction of sp³-hybridized carbons (Fsp3) is 0.364. The van der Waals surface area contributed by atoms with Crippen LogP contribution in [0.25, 0.3) is 0 Å². The summed E-state index contributed by atoms with van der Waals surface area (Å²) in [6, 6.07) is 2.39. The second-order valence-corrected chi connectivity index (χ2v) is 5.94. The highest BCUT2D eigenvalue weighted by Gasteiger charge is 2.21. The van der Waals surface area contributed by atoms with Gasteiger partial charge in [0.2, 0.25) is 10.0 Å². The third-order valence-corrected chi connectivity index (χ3v) is 4.21. The van der Waals surface area contributed by atoms with E-state index in [-0.39, 0.29) is 34.7 Å². The van der Waals surface area contributed by atoms with Gasteiger partial charge in [0.1, 0.15) is 0 Å². The van der Waals surface area contributed by atoms with Gasteiger partial charge in [0, 0.05) is 18.2 Å². The molecule has 20 heavy (non-hydrogen) atoms. The van der Waals surface area contributed by atoms with Crippen molar-refractivity contribution >= 4 is 21.7 Å². The van der Waals surface area contributed by atoms with Crippen LogP contribution < -0.4 is 4.72 Å². The maximum absolute atomic E-state index is 12.0. The van der Waals surface area contributed by atoms with E-state index in [2.05, 4.69) is 4.72 Å². The molecule has 0 amide bonds. The third-order valence-electron chi connectivity index (χ3n) is 2.61. The topological polar surface area (TPSA) is 127 Å². The van der Waals surface area contributed by atoms with Crippen LogP contribution in [0.4, 0.5) is 5.69 Å². The lowest BCUT2D eigenvalue weighted by molar-refractivity contribution is -0.385. The van der Waals surface area contributed by atoms with Gasteiger partial charge in [0.05, 0.1) is 16.2 Å². The second-order valence-electron chi connectivity index (χ2n) is 4.20. The number of rotatable bonds is 6. The molecule has 0 aliphatic heterocycles. The summed E-state index contributed by atoms with van der Waals surface area (Å²) in [7, 11) is -3.89. The number of carboxylic acid groups (broad SMARTS) is 1. The Morgan fingerprint density at radius 1 is 1.35 bits per heavy atom. The van der Waals surface area contributed by atoms with Crippen LogP contribution in [-0.2, 0) is 14.8 Å². The zero-order valence-corrected chi connectivity index (χ0v) is 11.7. The first-order valence-corrected chi connectivity index (χ1v) is 7.10. The molecule has 0 spiro atoms. The number of hydrogen-bond acceptors (Lipinski definition) is 5. The van der Waals surface area contributed by atoms with Gasteiger partial charge >= 0.3 is 5.97 Å². The van der Waals surface area contributed by atoms with Crippen molar-refractivity contribution in [1.82, 2.24) is 4.72 Å². The highest BCUT2D eigenvalue weighted by molar-refractivity contribution is 7.89. The minimum atomic E-state index is -3.89. The zero-order valence-electron chi connectivity index (χ0n) is 10.9. The molecule has 0 atom stereocenters. The maximum Gasteiger partial charge on any atom is 0.304 e. The van der Waals surface area contributed by atoms with Gasteiger partial charge in [-0.1, -0.05) is 0 Å². The summed E-state index contributed by atoms with van der Waals surface area (Å²) in [4.78, 5) is 20.4. The number of nitrogens with one attached hydrogen (secondary N) is 1. The zero-order chi connectivity index (χ0) is 15.5. The molecule has 8 nitrogen and oxygen atoms in total. The molecule has 0 aliphatic rings. The molecule has 0 saturated carbocycles. The first-order chi connectivity index (χ1) is 9.15. The molecule has 0 unspecified atom stereocenters. The molecule has 2 N–H and O–H groups in total. The van der Waals surface area contributed by atoms with E-state index in [0.29, 0.717) is 0 Å². The molecule has 0 aliphatic carbocycles. The lowest BCUT2D eigenvalue weighted by Crippen LogP contribution is -2.27. The van der Waals surface area contributed by atoms with E-state index in [4.69, 9.17) is 5.11 Å². The first kappa shape index (κ1) is 16.1. The molecule has 0 heterocycles. The normalized spacial score (nSPS) is 11.3. The van der Waals surface area contributed by atoms with E-state index >= 15 is 0 Å². The Hall–Kier alpha value is -2.00. The SMILES string of the molecule is Cc1cc(S(=O)(=O)NCCC(=O)O)c(C)cc1[N+](=O)[O-]. The Kier molecular flexibility index (Phi) is 4.79. The van der Waals surface area contributed by atoms with Crippen molar-refractivity contribution < 1.29 is 23.2 Å². The smallest absolute Gasteiger partial charge is 0.304 e. The highest BCUT2D eigenvalue weighted by Crippen LogP contribution is 2.25. The van der Waals surface area contributed by atoms with Gasteiger partial charge in [-0.25, -0.2) is 13.1 Å². The van der Waals surface area contributed by atoms with E-state index in [1.165, 1.54) is 26.0 Å². The van der Waals surface area contributed by atoms with E-state index in [1.54, 1.807) is 0 Å². The van der Waals surface area contributed by atoms with Crippen molar-refractivity contribution in [2.75, 3.05) is 6.54 Å². The number of aliphatic carboxylic acids is 1. The van der Waals surface area contributed by atoms with Gasteiger partial charge in [-0.2, -0.15) is 0 Å². The van der Waals surface area contributed by atoms with Crippen LogP contribution in [0.5, 0.6) is 0 Å². The standard InChI is InChI=1S/C11H14N2O6S/c1-7-6-10(8(2)5-9(7)13(16)17)20(18,19)12-4-3-11(14)15/h5-6,12H,3-4H2,1-2H3,(H,14,15). The van der Waals surface area contributed by atoms with E-state index < -0.39 is 20.9 Å². The Balaban J connectivity index is 3.10. The van der Waals surface area contributed by atoms with Crippen LogP contribution in [0.15, 0.2) is 17.0 Å². The average Bonchev–Trinajstić information content (AvgIpc) is 2.30. The minimum Gasteiger partial charge on any atom is -0.481 e. The van der Waals surface area contributed by atoms with Gasteiger partial charge in [-0.3, -0.25) is 14.9 Å². The van der Waals surface area contributed by atoms with Crippen molar-refractivity contribution in [3.63, 3.8) is 0 Å². The van der Waals surface area contributed by atoms with Crippen molar-refractivity contribution in [1.29, 1.82) is 0 Å². The average molecular weight is 302 g/mol. The maximum atomic E-state index is 12.0. The van der Waals surface area contributed by atoms with Gasteiger partial charge in [0.25, 0.3) is 5.69 Å². The number of carboxylic acids is 1. The van der Waals surface area contributed by atoms with Crippen molar-refractivity contribution in [3.8, 4) is 0 Å². The number of nitro groups is 1. The summed E-state index contributed by atoms with van der Waals surface area (Å²) in [5, 5.41) is 19.2. The van der Waals surface area contributed by atoms with E-state index in [0.717, 1.165) is 0 Å². The predicted molar refractivity (Wildman–Crippen MR) is 70.0 cm³/mol. The molecule has 1 rings (SSSR count). The number of nitro benzene ring substituents is 1. The molecule has 9 heteroatoms. The number of nitrogens with zero attached hydrogens (tertiary/aromatic N) is 1. The Labute approximate surface area is 115 Å². The Bertz CT molecular complexity index is 653. The molecule has 110 valence electrons. The number of hydrogen-bond donors (Lipinski definition) is 2. The Morgan fingerprint density at radius 2 is 1.95 bits per heavy atom. The van der Waals surface area contributed by atoms with Crippen LogP contribution in [0, 0.1) is 24.0 Å². The molecule has 1 aromatic carbocycles. The molecule has 1 aromatic rings. The first-order valence-electron chi connectivity index (χ1n) is 5.62. The quantitative estimate of drug-likeness (QED) is 0.595. The van der Waals surface area contributed by atoms with Crippen LogP contribution in [0.2, 0.25) is 0 Å². The minimum absolute atomic E-state index is 0.0917. The van der Waals surface area contributed by atoms with Gasteiger partial charge in [-0.05, 0) is 25.5 Å². The molecule has 0 fully saturated rings. The summed E-state index contributed by atoms with van der Waals surface area (Å²) in [5.41, 5.74) is 0.288. The van der Waals surface area contributed by atoms with Gasteiger partial charge in [-0.15, -0.1) is 0 Å². The van der Waals surface area contributed by atoms with Crippen LogP contribution >= 0.6 is 0 Å². The van der Waals surface area contributed by atoms with Crippen molar-refractivity contribution in [2.24, 2.45) is 0 Å². The van der Waals surface area contributed by atoms with Crippen molar-refractivity contribution in [2.45, 2.75) is 25.2 Å². The fourth-order valence-electron chi connectivity index (χ4n) is 1.63. The molecule has 0 saturated heterocycles. The summed E-state index contributed by atoms with van der Waals surface area (Å²) in [6.45, 7) is 2.64. The number of benzene rings is 1. The summed E-state index contributed by atoms with van der Waals surface area (Å²) >= 11 is 0. The summed E-state index contributed by atoms with van der Waals surface area (Å²) in [5.74, 6) is -1.12.